The molecule has 3 aromatic carbocycles. The lowest BCUT2D eigenvalue weighted by atomic mass is 9.86. The third-order valence-electron chi connectivity index (χ3n) is 13.5. The second kappa shape index (κ2) is 18.5. The number of nitrogens with zero attached hydrogens (tertiary/aromatic N) is 8. The number of aromatic hydroxyl groups is 1. The van der Waals surface area contributed by atoms with Crippen molar-refractivity contribution in [1.29, 1.82) is 0 Å². The fraction of sp³-hybridized carbons (Fsp3) is 0.426. The molecular formula is C47H51F3N10O5. The number of phenols is 1. The minimum absolute atomic E-state index is 0.0393. The molecule has 340 valence electrons. The Morgan fingerprint density at radius 1 is 0.831 bits per heavy atom. The largest absolute Gasteiger partial charge is 0.503 e. The number of urea groups is 1. The normalized spacial score (nSPS) is 20.0. The van der Waals surface area contributed by atoms with Crippen molar-refractivity contribution in [2.24, 2.45) is 11.8 Å². The lowest BCUT2D eigenvalue weighted by Gasteiger charge is -2.39. The van der Waals surface area contributed by atoms with Gasteiger partial charge >= 0.3 is 6.03 Å². The molecule has 0 radical (unpaired) electrons. The van der Waals surface area contributed by atoms with Crippen LogP contribution in [0.3, 0.4) is 0 Å². The number of carbonyl (C=O) groups excluding carboxylic acids is 4. The smallest absolute Gasteiger partial charge is 0.328 e. The summed E-state index contributed by atoms with van der Waals surface area (Å²) in [7, 11) is 0. The van der Waals surface area contributed by atoms with Gasteiger partial charge in [0.25, 0.3) is 11.8 Å². The highest BCUT2D eigenvalue weighted by Crippen LogP contribution is 2.34. The zero-order chi connectivity index (χ0) is 45.4. The zero-order valence-corrected chi connectivity index (χ0v) is 36.1. The third-order valence-corrected chi connectivity index (χ3v) is 13.5. The molecule has 1 saturated carbocycles. The van der Waals surface area contributed by atoms with Crippen molar-refractivity contribution < 1.29 is 37.5 Å². The van der Waals surface area contributed by atoms with Crippen molar-refractivity contribution >= 4 is 46.2 Å². The highest BCUT2D eigenvalue weighted by molar-refractivity contribution is 6.06. The van der Waals surface area contributed by atoms with E-state index < -0.39 is 40.7 Å². The van der Waals surface area contributed by atoms with Gasteiger partial charge in [0.1, 0.15) is 0 Å². The van der Waals surface area contributed by atoms with Gasteiger partial charge in [-0.1, -0.05) is 18.2 Å². The molecule has 4 aliphatic rings. The highest BCUT2D eigenvalue weighted by Gasteiger charge is 2.30. The van der Waals surface area contributed by atoms with Crippen LogP contribution in [0.15, 0.2) is 60.8 Å². The SMILES string of the molecule is Cc1ccc(C(=O)N2CCC(CN3CCN(c4ccc(-c5ccc6cn([C@H]7CC[C@H](CNC(=O)c8cc(F)c(O)c(F)c8F)CC7)nc6c5)nn4)CC3)CC2)cc1N1CCC(=O)NC1=O. The Bertz CT molecular complexity index is 2620. The zero-order valence-electron chi connectivity index (χ0n) is 36.1. The van der Waals surface area contributed by atoms with Gasteiger partial charge in [-0.3, -0.25) is 34.2 Å². The van der Waals surface area contributed by atoms with Crippen LogP contribution in [0.4, 0.5) is 29.5 Å². The summed E-state index contributed by atoms with van der Waals surface area (Å²) >= 11 is 0. The molecule has 15 nitrogen and oxygen atoms in total. The fourth-order valence-corrected chi connectivity index (χ4v) is 9.58. The van der Waals surface area contributed by atoms with Crippen molar-refractivity contribution in [3.63, 3.8) is 0 Å². The Morgan fingerprint density at radius 2 is 1.60 bits per heavy atom. The topological polar surface area (TPSA) is 169 Å². The summed E-state index contributed by atoms with van der Waals surface area (Å²) in [5.41, 5.74) is 3.79. The molecule has 0 atom stereocenters. The number of nitrogens with one attached hydrogen (secondary N) is 2. The molecule has 3 aliphatic heterocycles. The summed E-state index contributed by atoms with van der Waals surface area (Å²) in [6.07, 6.45) is 7.30. The summed E-state index contributed by atoms with van der Waals surface area (Å²) in [6.45, 7) is 8.26. The van der Waals surface area contributed by atoms with Crippen molar-refractivity contribution in [1.82, 2.24) is 40.4 Å². The van der Waals surface area contributed by atoms with Gasteiger partial charge in [0.05, 0.1) is 22.8 Å². The van der Waals surface area contributed by atoms with Gasteiger partial charge in [-0.15, -0.1) is 10.2 Å². The van der Waals surface area contributed by atoms with E-state index in [0.717, 1.165) is 105 Å². The molecule has 5 amide bonds. The summed E-state index contributed by atoms with van der Waals surface area (Å²) in [5, 5.41) is 29.3. The number of carbonyl (C=O) groups is 4. The number of halogens is 3. The van der Waals surface area contributed by atoms with Crippen molar-refractivity contribution in [2.75, 3.05) is 68.7 Å². The number of likely N-dealkylation sites (tertiary alicyclic amines) is 1. The third kappa shape index (κ3) is 9.35. The number of aryl methyl sites for hydroxylation is 1. The first-order valence-electron chi connectivity index (χ1n) is 22.3. The second-order valence-electron chi connectivity index (χ2n) is 17.7. The van der Waals surface area contributed by atoms with Gasteiger partial charge in [-0.25, -0.2) is 13.6 Å². The second-order valence-corrected chi connectivity index (χ2v) is 17.7. The number of fused-ring (bicyclic) bond motifs is 1. The van der Waals surface area contributed by atoms with Gasteiger partial charge in [0, 0.05) is 93.7 Å². The summed E-state index contributed by atoms with van der Waals surface area (Å²) in [4.78, 5) is 58.4. The lowest BCUT2D eigenvalue weighted by molar-refractivity contribution is -0.120. The van der Waals surface area contributed by atoms with Gasteiger partial charge in [0.15, 0.2) is 23.2 Å². The maximum atomic E-state index is 14.2. The predicted molar refractivity (Wildman–Crippen MR) is 236 cm³/mol. The minimum atomic E-state index is -1.79. The van der Waals surface area contributed by atoms with E-state index in [-0.39, 0.29) is 43.3 Å². The van der Waals surface area contributed by atoms with E-state index >= 15 is 0 Å². The number of rotatable bonds is 10. The van der Waals surface area contributed by atoms with E-state index in [1.165, 1.54) is 4.90 Å². The number of imide groups is 1. The number of anilines is 2. The first kappa shape index (κ1) is 43.7. The van der Waals surface area contributed by atoms with Crippen LogP contribution >= 0.6 is 0 Å². The Kier molecular flexibility index (Phi) is 12.4. The molecule has 1 aliphatic carbocycles. The molecule has 3 N–H and O–H groups in total. The maximum Gasteiger partial charge on any atom is 0.328 e. The summed E-state index contributed by atoms with van der Waals surface area (Å²) in [5.74, 6) is -6.04. The van der Waals surface area contributed by atoms with E-state index in [9.17, 15) is 37.5 Å². The van der Waals surface area contributed by atoms with Crippen LogP contribution in [-0.4, -0.2) is 118 Å². The van der Waals surface area contributed by atoms with Gasteiger partial charge < -0.3 is 20.2 Å². The molecule has 3 saturated heterocycles. The first-order chi connectivity index (χ1) is 31.4. The molecule has 18 heteroatoms. The van der Waals surface area contributed by atoms with Crippen molar-refractivity contribution in [3.8, 4) is 17.0 Å². The van der Waals surface area contributed by atoms with Crippen LogP contribution in [0.2, 0.25) is 0 Å². The molecule has 9 rings (SSSR count). The average molecular weight is 893 g/mol. The van der Waals surface area contributed by atoms with Crippen LogP contribution in [0, 0.1) is 36.2 Å². The van der Waals surface area contributed by atoms with Crippen LogP contribution in [0.25, 0.3) is 22.2 Å². The number of benzene rings is 3. The monoisotopic (exact) mass is 892 g/mol. The average Bonchev–Trinajstić information content (AvgIpc) is 3.76. The summed E-state index contributed by atoms with van der Waals surface area (Å²) < 4.78 is 43.6. The quantitative estimate of drug-likeness (QED) is 0.137. The number of aromatic nitrogens is 4. The van der Waals surface area contributed by atoms with Crippen LogP contribution in [0.5, 0.6) is 5.75 Å². The number of piperazine rings is 1. The standard InChI is InChI=1S/C47H51F3N10O5/c1-28-2-5-32(23-39(28)59-17-14-41(61)52-47(59)65)46(64)58-15-12-30(13-16-58)26-56-18-20-57(21-19-56)40-11-10-37(53-54-40)31-6-7-33-27-60(55-38(33)22-31)34-8-3-29(4-9-34)25-51-45(63)35-24-36(48)44(62)43(50)42(35)49/h2,5-7,10-11,22-24,27,29-30,34,62H,3-4,8-9,12-21,25-26H2,1H3,(H,51,63)(H,52,61,65)/t29-,34-. The van der Waals surface area contributed by atoms with Crippen molar-refractivity contribution in [3.05, 3.63) is 94.9 Å². The van der Waals surface area contributed by atoms with E-state index in [0.29, 0.717) is 36.3 Å². The van der Waals surface area contributed by atoms with E-state index in [2.05, 4.69) is 30.6 Å². The number of piperidine rings is 1. The number of hydrogen-bond donors (Lipinski definition) is 3. The maximum absolute atomic E-state index is 14.2. The lowest BCUT2D eigenvalue weighted by Crippen LogP contribution is -2.50. The summed E-state index contributed by atoms with van der Waals surface area (Å²) in [6, 6.07) is 15.7. The number of hydrogen-bond acceptors (Lipinski definition) is 10. The molecule has 0 spiro atoms. The predicted octanol–water partition coefficient (Wildman–Crippen LogP) is 6.21. The van der Waals surface area contributed by atoms with Gasteiger partial charge in [-0.05, 0) is 99.2 Å². The molecule has 0 unspecified atom stereocenters. The van der Waals surface area contributed by atoms with Crippen molar-refractivity contribution in [2.45, 2.75) is 57.9 Å². The Hall–Kier alpha value is -6.56. The molecule has 5 aromatic rings. The van der Waals surface area contributed by atoms with Crippen LogP contribution in [0.1, 0.15) is 77.3 Å². The Balaban J connectivity index is 0.718. The molecule has 65 heavy (non-hydrogen) atoms. The van der Waals surface area contributed by atoms with Crippen LogP contribution in [-0.2, 0) is 4.79 Å². The Labute approximate surface area is 373 Å². The molecule has 5 heterocycles. The van der Waals surface area contributed by atoms with Gasteiger partial charge in [0.2, 0.25) is 11.7 Å². The molecule has 4 fully saturated rings. The molecular weight excluding hydrogens is 842 g/mol. The van der Waals surface area contributed by atoms with E-state index in [4.69, 9.17) is 5.10 Å². The number of amides is 5. The first-order valence-corrected chi connectivity index (χ1v) is 22.3. The Morgan fingerprint density at radius 3 is 2.32 bits per heavy atom. The van der Waals surface area contributed by atoms with Crippen LogP contribution < -0.4 is 20.4 Å². The molecule has 0 bridgehead atoms. The fourth-order valence-electron chi connectivity index (χ4n) is 9.58. The molecule has 2 aromatic heterocycles. The number of phenolic OH excluding ortho intramolecular Hbond substituents is 1. The highest BCUT2D eigenvalue weighted by atomic mass is 19.2. The van der Waals surface area contributed by atoms with E-state index in [1.54, 1.807) is 6.07 Å². The minimum Gasteiger partial charge on any atom is -0.503 e. The van der Waals surface area contributed by atoms with E-state index in [1.807, 2.05) is 65.2 Å². The van der Waals surface area contributed by atoms with Gasteiger partial charge in [-0.2, -0.15) is 9.49 Å².